The van der Waals surface area contributed by atoms with Gasteiger partial charge in [-0.1, -0.05) is 6.07 Å². The summed E-state index contributed by atoms with van der Waals surface area (Å²) in [6, 6.07) is 9.95. The van der Waals surface area contributed by atoms with Crippen molar-refractivity contribution in [1.82, 2.24) is 9.78 Å². The highest BCUT2D eigenvalue weighted by Gasteiger charge is 2.20. The normalized spacial score (nSPS) is 17.7. The molecule has 1 saturated heterocycles. The summed E-state index contributed by atoms with van der Waals surface area (Å²) in [6.45, 7) is 0.783. The second-order valence-electron chi connectivity index (χ2n) is 6.69. The highest BCUT2D eigenvalue weighted by atomic mass is 127. The van der Waals surface area contributed by atoms with Gasteiger partial charge in [0.25, 0.3) is 0 Å². The van der Waals surface area contributed by atoms with Gasteiger partial charge in [-0.05, 0) is 90.1 Å². The zero-order valence-corrected chi connectivity index (χ0v) is 16.4. The van der Waals surface area contributed by atoms with Gasteiger partial charge in [-0.2, -0.15) is 5.10 Å². The van der Waals surface area contributed by atoms with Gasteiger partial charge in [0.15, 0.2) is 6.23 Å². The van der Waals surface area contributed by atoms with E-state index in [0.717, 1.165) is 58.5 Å². The zero-order chi connectivity index (χ0) is 18.1. The standard InChI is InChI=1S/C20H19F2IN2O/c21-15-9-14(10-16(22)12-15)5-4-13-6-7-18-17(11-13)20(23)24-25(18)19-3-1-2-8-26-19/h6-7,9-12,19H,1-5,8H2. The highest BCUT2D eigenvalue weighted by Crippen LogP contribution is 2.29. The summed E-state index contributed by atoms with van der Waals surface area (Å²) in [7, 11) is 0. The number of benzene rings is 2. The Kier molecular flexibility index (Phi) is 5.22. The molecule has 1 aliphatic heterocycles. The Labute approximate surface area is 164 Å². The molecule has 1 atom stereocenters. The van der Waals surface area contributed by atoms with Crippen molar-refractivity contribution >= 4 is 33.5 Å². The topological polar surface area (TPSA) is 27.1 Å². The number of fused-ring (bicyclic) bond motifs is 1. The summed E-state index contributed by atoms with van der Waals surface area (Å²) < 4.78 is 35.5. The molecule has 26 heavy (non-hydrogen) atoms. The Morgan fingerprint density at radius 2 is 1.81 bits per heavy atom. The number of aromatic nitrogens is 2. The molecule has 136 valence electrons. The molecule has 0 N–H and O–H groups in total. The van der Waals surface area contributed by atoms with Crippen LogP contribution in [-0.4, -0.2) is 16.4 Å². The van der Waals surface area contributed by atoms with E-state index in [9.17, 15) is 8.78 Å². The number of ether oxygens (including phenoxy) is 1. The molecule has 0 radical (unpaired) electrons. The van der Waals surface area contributed by atoms with Gasteiger partial charge in [-0.3, -0.25) is 0 Å². The van der Waals surface area contributed by atoms with E-state index in [4.69, 9.17) is 4.74 Å². The van der Waals surface area contributed by atoms with Gasteiger partial charge >= 0.3 is 0 Å². The maximum atomic E-state index is 13.3. The molecular formula is C20H19F2IN2O. The molecule has 3 aromatic rings. The molecule has 0 spiro atoms. The van der Waals surface area contributed by atoms with E-state index in [1.54, 1.807) is 0 Å². The van der Waals surface area contributed by atoms with Crippen molar-refractivity contribution in [1.29, 1.82) is 0 Å². The predicted molar refractivity (Wildman–Crippen MR) is 105 cm³/mol. The van der Waals surface area contributed by atoms with E-state index >= 15 is 0 Å². The quantitative estimate of drug-likeness (QED) is 0.480. The zero-order valence-electron chi connectivity index (χ0n) is 14.2. The minimum atomic E-state index is -0.529. The van der Waals surface area contributed by atoms with E-state index in [1.807, 2.05) is 4.68 Å². The lowest BCUT2D eigenvalue weighted by Crippen LogP contribution is -2.19. The summed E-state index contributed by atoms with van der Waals surface area (Å²) in [5.41, 5.74) is 2.87. The number of halogens is 3. The number of aryl methyl sites for hydroxylation is 2. The van der Waals surface area contributed by atoms with Crippen molar-refractivity contribution in [2.45, 2.75) is 38.3 Å². The SMILES string of the molecule is Fc1cc(F)cc(CCc2ccc3c(c2)c(I)nn3C2CCCCO2)c1. The van der Waals surface area contributed by atoms with Crippen molar-refractivity contribution in [2.75, 3.05) is 6.61 Å². The molecule has 6 heteroatoms. The number of hydrogen-bond acceptors (Lipinski definition) is 2. The van der Waals surface area contributed by atoms with Crippen LogP contribution in [0, 0.1) is 15.3 Å². The Morgan fingerprint density at radius 1 is 1.04 bits per heavy atom. The van der Waals surface area contributed by atoms with Crippen molar-refractivity contribution in [3.8, 4) is 0 Å². The molecule has 2 aromatic carbocycles. The van der Waals surface area contributed by atoms with E-state index in [1.165, 1.54) is 12.1 Å². The first kappa shape index (κ1) is 17.9. The molecule has 1 aliphatic rings. The van der Waals surface area contributed by atoms with Crippen LogP contribution in [0.4, 0.5) is 8.78 Å². The average Bonchev–Trinajstić information content (AvgIpc) is 2.96. The van der Waals surface area contributed by atoms with Crippen molar-refractivity contribution in [2.24, 2.45) is 0 Å². The molecule has 0 bridgehead atoms. The molecule has 2 heterocycles. The van der Waals surface area contributed by atoms with Crippen LogP contribution in [0.1, 0.15) is 36.6 Å². The van der Waals surface area contributed by atoms with E-state index in [-0.39, 0.29) is 6.23 Å². The lowest BCUT2D eigenvalue weighted by Gasteiger charge is -2.23. The number of nitrogens with zero attached hydrogens (tertiary/aromatic N) is 2. The molecule has 3 nitrogen and oxygen atoms in total. The third-order valence-electron chi connectivity index (χ3n) is 4.78. The summed E-state index contributed by atoms with van der Waals surface area (Å²) in [6.07, 6.45) is 4.58. The van der Waals surface area contributed by atoms with Crippen LogP contribution >= 0.6 is 22.6 Å². The smallest absolute Gasteiger partial charge is 0.150 e. The summed E-state index contributed by atoms with van der Waals surface area (Å²) >= 11 is 2.25. The van der Waals surface area contributed by atoms with Crippen molar-refractivity contribution in [3.05, 3.63) is 62.9 Å². The van der Waals surface area contributed by atoms with Gasteiger partial charge in [0.05, 0.1) is 5.52 Å². The van der Waals surface area contributed by atoms with E-state index in [2.05, 4.69) is 45.9 Å². The van der Waals surface area contributed by atoms with Crippen LogP contribution in [0.2, 0.25) is 0 Å². The Bertz CT molecular complexity index is 915. The van der Waals surface area contributed by atoms with Gasteiger partial charge in [0.2, 0.25) is 0 Å². The predicted octanol–water partition coefficient (Wildman–Crippen LogP) is 5.40. The fourth-order valence-corrected chi connectivity index (χ4v) is 4.15. The maximum Gasteiger partial charge on any atom is 0.150 e. The van der Waals surface area contributed by atoms with Crippen LogP contribution in [0.5, 0.6) is 0 Å². The largest absolute Gasteiger partial charge is 0.356 e. The van der Waals surface area contributed by atoms with Gasteiger partial charge in [-0.25, -0.2) is 13.5 Å². The van der Waals surface area contributed by atoms with Crippen LogP contribution < -0.4 is 0 Å². The molecule has 0 amide bonds. The van der Waals surface area contributed by atoms with Gasteiger partial charge in [0.1, 0.15) is 15.3 Å². The summed E-state index contributed by atoms with van der Waals surface area (Å²) in [4.78, 5) is 0. The first-order valence-electron chi connectivity index (χ1n) is 8.83. The van der Waals surface area contributed by atoms with Crippen molar-refractivity contribution < 1.29 is 13.5 Å². The Morgan fingerprint density at radius 3 is 2.54 bits per heavy atom. The second-order valence-corrected chi connectivity index (χ2v) is 7.71. The van der Waals surface area contributed by atoms with Crippen LogP contribution in [0.3, 0.4) is 0 Å². The lowest BCUT2D eigenvalue weighted by atomic mass is 10.0. The van der Waals surface area contributed by atoms with E-state index < -0.39 is 11.6 Å². The molecular weight excluding hydrogens is 449 g/mol. The molecule has 0 saturated carbocycles. The molecule has 1 fully saturated rings. The van der Waals surface area contributed by atoms with Gasteiger partial charge in [0, 0.05) is 18.1 Å². The highest BCUT2D eigenvalue weighted by molar-refractivity contribution is 14.1. The van der Waals surface area contributed by atoms with E-state index in [0.29, 0.717) is 12.0 Å². The first-order valence-corrected chi connectivity index (χ1v) is 9.91. The fourth-order valence-electron chi connectivity index (χ4n) is 3.49. The molecule has 0 aliphatic carbocycles. The molecule has 4 rings (SSSR count). The van der Waals surface area contributed by atoms with Crippen LogP contribution in [-0.2, 0) is 17.6 Å². The third-order valence-corrected chi connectivity index (χ3v) is 5.58. The average molecular weight is 468 g/mol. The molecule has 1 unspecified atom stereocenters. The maximum absolute atomic E-state index is 13.3. The number of hydrogen-bond donors (Lipinski definition) is 0. The first-order chi connectivity index (χ1) is 12.6. The minimum absolute atomic E-state index is 0.0101. The number of rotatable bonds is 4. The Balaban J connectivity index is 1.56. The summed E-state index contributed by atoms with van der Waals surface area (Å²) in [5, 5.41) is 5.77. The lowest BCUT2D eigenvalue weighted by molar-refractivity contribution is -0.0368. The van der Waals surface area contributed by atoms with Gasteiger partial charge in [-0.15, -0.1) is 0 Å². The minimum Gasteiger partial charge on any atom is -0.356 e. The van der Waals surface area contributed by atoms with Gasteiger partial charge < -0.3 is 4.74 Å². The third kappa shape index (κ3) is 3.76. The molecule has 1 aromatic heterocycles. The van der Waals surface area contributed by atoms with Crippen molar-refractivity contribution in [3.63, 3.8) is 0 Å². The fraction of sp³-hybridized carbons (Fsp3) is 0.350. The van der Waals surface area contributed by atoms with Crippen LogP contribution in [0.15, 0.2) is 36.4 Å². The summed E-state index contributed by atoms with van der Waals surface area (Å²) in [5.74, 6) is -1.06. The van der Waals surface area contributed by atoms with Crippen LogP contribution in [0.25, 0.3) is 10.9 Å². The monoisotopic (exact) mass is 468 g/mol. The Hall–Kier alpha value is -1.54. The second kappa shape index (κ2) is 7.60.